The Kier molecular flexibility index (Phi) is 5.23. The summed E-state index contributed by atoms with van der Waals surface area (Å²) in [4.78, 5) is 16.5. The Morgan fingerprint density at radius 1 is 1.30 bits per heavy atom. The maximum absolute atomic E-state index is 12.0. The van der Waals surface area contributed by atoms with Gasteiger partial charge in [-0.3, -0.25) is 4.79 Å². The van der Waals surface area contributed by atoms with Gasteiger partial charge in [-0.1, -0.05) is 42.0 Å². The lowest BCUT2D eigenvalue weighted by atomic mass is 9.95. The summed E-state index contributed by atoms with van der Waals surface area (Å²) in [7, 11) is 0. The lowest BCUT2D eigenvalue weighted by Crippen LogP contribution is -2.16. The first-order valence-electron chi connectivity index (χ1n) is 8.03. The highest BCUT2D eigenvalue weighted by molar-refractivity contribution is 7.13. The van der Waals surface area contributed by atoms with Gasteiger partial charge in [0.15, 0.2) is 0 Å². The largest absolute Gasteiger partial charge is 0.465 e. The third-order valence-corrected chi connectivity index (χ3v) is 4.97. The number of carbonyl (C=O) groups is 1. The molecule has 0 spiro atoms. The second-order valence-electron chi connectivity index (χ2n) is 6.02. The Morgan fingerprint density at radius 3 is 2.87 bits per heavy atom. The van der Waals surface area contributed by atoms with Crippen molar-refractivity contribution in [3.8, 4) is 10.6 Å². The molecule has 0 N–H and O–H groups in total. The van der Waals surface area contributed by atoms with Gasteiger partial charge in [-0.05, 0) is 32.1 Å². The number of nitrogens with zero attached hydrogens (tertiary/aromatic N) is 1. The van der Waals surface area contributed by atoms with Gasteiger partial charge in [0.2, 0.25) is 0 Å². The van der Waals surface area contributed by atoms with Crippen molar-refractivity contribution in [2.24, 2.45) is 5.92 Å². The van der Waals surface area contributed by atoms with E-state index in [1.165, 1.54) is 5.56 Å². The third-order valence-electron chi connectivity index (χ3n) is 4.03. The molecule has 1 aromatic heterocycles. The van der Waals surface area contributed by atoms with Crippen LogP contribution in [0.15, 0.2) is 41.8 Å². The molecule has 0 bridgehead atoms. The van der Waals surface area contributed by atoms with Crippen molar-refractivity contribution in [2.45, 2.75) is 32.6 Å². The van der Waals surface area contributed by atoms with Gasteiger partial charge in [-0.2, -0.15) is 0 Å². The van der Waals surface area contributed by atoms with E-state index in [2.05, 4.69) is 48.3 Å². The van der Waals surface area contributed by atoms with E-state index in [1.807, 2.05) is 5.38 Å². The molecule has 0 saturated carbocycles. The van der Waals surface area contributed by atoms with E-state index < -0.39 is 0 Å². The molecule has 3 nitrogen and oxygen atoms in total. The molecule has 120 valence electrons. The number of hydrogen-bond acceptors (Lipinski definition) is 4. The van der Waals surface area contributed by atoms with Gasteiger partial charge in [0.05, 0.1) is 18.7 Å². The molecule has 0 radical (unpaired) electrons. The van der Waals surface area contributed by atoms with Gasteiger partial charge in [0, 0.05) is 10.9 Å². The van der Waals surface area contributed by atoms with E-state index in [0.29, 0.717) is 12.5 Å². The number of thiazole rings is 1. The smallest absolute Gasteiger partial charge is 0.311 e. The van der Waals surface area contributed by atoms with Crippen LogP contribution in [-0.2, 0) is 16.0 Å². The van der Waals surface area contributed by atoms with Gasteiger partial charge in [-0.15, -0.1) is 11.3 Å². The van der Waals surface area contributed by atoms with Crippen LogP contribution < -0.4 is 0 Å². The molecule has 3 rings (SSSR count). The molecule has 1 aliphatic rings. The van der Waals surface area contributed by atoms with Crippen LogP contribution in [0.1, 0.15) is 30.5 Å². The van der Waals surface area contributed by atoms with Crippen molar-refractivity contribution in [1.29, 1.82) is 0 Å². The molecule has 1 atom stereocenters. The van der Waals surface area contributed by atoms with Crippen LogP contribution in [0.5, 0.6) is 0 Å². The zero-order chi connectivity index (χ0) is 16.1. The van der Waals surface area contributed by atoms with Gasteiger partial charge in [0.1, 0.15) is 5.01 Å². The normalized spacial score (nSPS) is 17.2. The topological polar surface area (TPSA) is 39.2 Å². The van der Waals surface area contributed by atoms with Crippen molar-refractivity contribution in [2.75, 3.05) is 6.61 Å². The number of allylic oxidation sites excluding steroid dienone is 2. The highest BCUT2D eigenvalue weighted by Gasteiger charge is 2.14. The molecule has 0 fully saturated rings. The van der Waals surface area contributed by atoms with Crippen LogP contribution in [0.3, 0.4) is 0 Å². The molecule has 1 aliphatic carbocycles. The number of benzene rings is 1. The minimum atomic E-state index is -0.180. The van der Waals surface area contributed by atoms with E-state index in [9.17, 15) is 4.79 Å². The highest BCUT2D eigenvalue weighted by Crippen LogP contribution is 2.24. The molecular weight excluding hydrogens is 306 g/mol. The summed E-state index contributed by atoms with van der Waals surface area (Å²) in [5.41, 5.74) is 3.11. The molecule has 1 unspecified atom stereocenters. The van der Waals surface area contributed by atoms with Crippen LogP contribution in [0.4, 0.5) is 0 Å². The lowest BCUT2D eigenvalue weighted by Gasteiger charge is -2.17. The highest BCUT2D eigenvalue weighted by atomic mass is 32.1. The quantitative estimate of drug-likeness (QED) is 0.597. The number of aryl methyl sites for hydroxylation is 1. The average molecular weight is 327 g/mol. The predicted molar refractivity (Wildman–Crippen MR) is 93.4 cm³/mol. The molecule has 4 heteroatoms. The summed E-state index contributed by atoms with van der Waals surface area (Å²) < 4.78 is 5.41. The van der Waals surface area contributed by atoms with Crippen molar-refractivity contribution < 1.29 is 9.53 Å². The number of esters is 1. The van der Waals surface area contributed by atoms with Crippen molar-refractivity contribution >= 4 is 17.3 Å². The maximum atomic E-state index is 12.0. The summed E-state index contributed by atoms with van der Waals surface area (Å²) in [6.07, 6.45) is 7.84. The van der Waals surface area contributed by atoms with E-state index in [-0.39, 0.29) is 12.4 Å². The van der Waals surface area contributed by atoms with Crippen LogP contribution >= 0.6 is 11.3 Å². The molecule has 0 saturated heterocycles. The monoisotopic (exact) mass is 327 g/mol. The van der Waals surface area contributed by atoms with Gasteiger partial charge in [-0.25, -0.2) is 4.98 Å². The first-order valence-corrected chi connectivity index (χ1v) is 8.91. The van der Waals surface area contributed by atoms with Crippen LogP contribution in [0, 0.1) is 12.8 Å². The van der Waals surface area contributed by atoms with Crippen LogP contribution in [0.25, 0.3) is 10.6 Å². The number of hydrogen-bond donors (Lipinski definition) is 0. The minimum absolute atomic E-state index is 0.180. The number of carbonyl (C=O) groups excluding carboxylic acids is 1. The molecular formula is C19H21NO2S. The zero-order valence-electron chi connectivity index (χ0n) is 13.3. The fourth-order valence-electron chi connectivity index (χ4n) is 2.63. The Balaban J connectivity index is 1.53. The Morgan fingerprint density at radius 2 is 2.13 bits per heavy atom. The third kappa shape index (κ3) is 4.52. The predicted octanol–water partition coefficient (Wildman–Crippen LogP) is 4.56. The SMILES string of the molecule is Cc1ccc(-c2nc(CC(=O)OCC3CC=CCC3)cs2)cc1. The molecule has 0 aliphatic heterocycles. The molecule has 2 aromatic rings. The van der Waals surface area contributed by atoms with Crippen LogP contribution in [-0.4, -0.2) is 17.6 Å². The summed E-state index contributed by atoms with van der Waals surface area (Å²) in [6, 6.07) is 8.27. The Labute approximate surface area is 141 Å². The molecule has 0 amide bonds. The van der Waals surface area contributed by atoms with Crippen LogP contribution in [0.2, 0.25) is 0 Å². The summed E-state index contributed by atoms with van der Waals surface area (Å²) >= 11 is 1.57. The van der Waals surface area contributed by atoms with E-state index in [1.54, 1.807) is 11.3 Å². The first-order chi connectivity index (χ1) is 11.2. The molecule has 1 aromatic carbocycles. The minimum Gasteiger partial charge on any atom is -0.465 e. The number of ether oxygens (including phenoxy) is 1. The number of rotatable bonds is 5. The van der Waals surface area contributed by atoms with Crippen molar-refractivity contribution in [3.63, 3.8) is 0 Å². The van der Waals surface area contributed by atoms with Gasteiger partial charge in [0.25, 0.3) is 0 Å². The summed E-state index contributed by atoms with van der Waals surface area (Å²) in [6.45, 7) is 2.59. The maximum Gasteiger partial charge on any atom is 0.311 e. The van der Waals surface area contributed by atoms with E-state index in [0.717, 1.165) is 35.5 Å². The van der Waals surface area contributed by atoms with E-state index >= 15 is 0 Å². The Bertz CT molecular complexity index is 688. The van der Waals surface area contributed by atoms with E-state index in [4.69, 9.17) is 4.74 Å². The standard InChI is InChI=1S/C19H21NO2S/c1-14-7-9-16(10-8-14)19-20-17(13-23-19)11-18(21)22-12-15-5-3-2-4-6-15/h2-3,7-10,13,15H,4-6,11-12H2,1H3. The Hall–Kier alpha value is -1.94. The first kappa shape index (κ1) is 15.9. The summed E-state index contributed by atoms with van der Waals surface area (Å²) in [5, 5.41) is 2.89. The van der Waals surface area contributed by atoms with Gasteiger partial charge >= 0.3 is 5.97 Å². The van der Waals surface area contributed by atoms with Crippen molar-refractivity contribution in [1.82, 2.24) is 4.98 Å². The zero-order valence-corrected chi connectivity index (χ0v) is 14.1. The summed E-state index contributed by atoms with van der Waals surface area (Å²) in [5.74, 6) is 0.294. The average Bonchev–Trinajstić information content (AvgIpc) is 3.03. The fraction of sp³-hybridized carbons (Fsp3) is 0.368. The second kappa shape index (κ2) is 7.55. The second-order valence-corrected chi connectivity index (χ2v) is 6.88. The molecule has 1 heterocycles. The van der Waals surface area contributed by atoms with Gasteiger partial charge < -0.3 is 4.74 Å². The fourth-order valence-corrected chi connectivity index (χ4v) is 3.46. The number of aromatic nitrogens is 1. The molecule has 23 heavy (non-hydrogen) atoms. The van der Waals surface area contributed by atoms with Crippen molar-refractivity contribution in [3.05, 3.63) is 53.1 Å². The lowest BCUT2D eigenvalue weighted by molar-refractivity contribution is -0.144.